The fourth-order valence-electron chi connectivity index (χ4n) is 3.31. The molecule has 2 heterocycles. The van der Waals surface area contributed by atoms with E-state index in [4.69, 9.17) is 4.52 Å². The molecule has 0 N–H and O–H groups in total. The van der Waals surface area contributed by atoms with Crippen molar-refractivity contribution in [2.24, 2.45) is 0 Å². The monoisotopic (exact) mass is 380 g/mol. The number of piperazine rings is 1. The molecule has 1 aliphatic heterocycles. The minimum atomic E-state index is -0.391. The van der Waals surface area contributed by atoms with E-state index < -0.39 is 5.82 Å². The molecule has 7 heteroatoms. The molecular formula is C21H21FN4O2. The third-order valence-electron chi connectivity index (χ3n) is 4.90. The van der Waals surface area contributed by atoms with E-state index in [1.54, 1.807) is 17.0 Å². The van der Waals surface area contributed by atoms with Crippen molar-refractivity contribution in [1.29, 1.82) is 0 Å². The fourth-order valence-corrected chi connectivity index (χ4v) is 3.31. The molecule has 6 nitrogen and oxygen atoms in total. The normalized spacial score (nSPS) is 14.4. The van der Waals surface area contributed by atoms with Crippen molar-refractivity contribution < 1.29 is 13.7 Å². The summed E-state index contributed by atoms with van der Waals surface area (Å²) >= 11 is 0. The van der Waals surface area contributed by atoms with Crippen LogP contribution in [0.25, 0.3) is 11.4 Å². The second kappa shape index (κ2) is 7.80. The number of anilines is 1. The Balaban J connectivity index is 1.39. The molecule has 0 aliphatic carbocycles. The van der Waals surface area contributed by atoms with Gasteiger partial charge in [-0.1, -0.05) is 18.1 Å². The van der Waals surface area contributed by atoms with Crippen LogP contribution in [0.3, 0.4) is 0 Å². The smallest absolute Gasteiger partial charge is 0.254 e. The molecule has 2 aromatic carbocycles. The number of benzene rings is 2. The van der Waals surface area contributed by atoms with Gasteiger partial charge in [0, 0.05) is 49.4 Å². The van der Waals surface area contributed by atoms with E-state index >= 15 is 0 Å². The number of rotatable bonds is 4. The highest BCUT2D eigenvalue weighted by atomic mass is 19.1. The molecule has 0 unspecified atom stereocenters. The quantitative estimate of drug-likeness (QED) is 0.694. The molecule has 0 bridgehead atoms. The summed E-state index contributed by atoms with van der Waals surface area (Å²) in [5, 5.41) is 3.99. The lowest BCUT2D eigenvalue weighted by atomic mass is 10.1. The number of aromatic nitrogens is 2. The molecule has 0 spiro atoms. The van der Waals surface area contributed by atoms with Crippen LogP contribution in [0.15, 0.2) is 53.1 Å². The third-order valence-corrected chi connectivity index (χ3v) is 4.90. The molecular weight excluding hydrogens is 359 g/mol. The number of hydrogen-bond acceptors (Lipinski definition) is 5. The highest BCUT2D eigenvalue weighted by Gasteiger charge is 2.22. The van der Waals surface area contributed by atoms with Crippen LogP contribution in [0.2, 0.25) is 0 Å². The van der Waals surface area contributed by atoms with Crippen molar-refractivity contribution in [3.63, 3.8) is 0 Å². The molecule has 1 amide bonds. The van der Waals surface area contributed by atoms with Crippen molar-refractivity contribution in [2.75, 3.05) is 31.1 Å². The molecule has 1 aliphatic rings. The molecule has 0 radical (unpaired) electrons. The molecule has 144 valence electrons. The largest absolute Gasteiger partial charge is 0.368 e. The molecule has 28 heavy (non-hydrogen) atoms. The minimum Gasteiger partial charge on any atom is -0.368 e. The molecule has 1 saturated heterocycles. The van der Waals surface area contributed by atoms with Crippen molar-refractivity contribution >= 4 is 11.6 Å². The van der Waals surface area contributed by atoms with Crippen LogP contribution in [0, 0.1) is 5.82 Å². The second-order valence-electron chi connectivity index (χ2n) is 6.70. The van der Waals surface area contributed by atoms with Crippen LogP contribution < -0.4 is 4.90 Å². The number of hydrogen-bond donors (Lipinski definition) is 0. The summed E-state index contributed by atoms with van der Waals surface area (Å²) in [6, 6.07) is 13.9. The lowest BCUT2D eigenvalue weighted by molar-refractivity contribution is 0.0746. The van der Waals surface area contributed by atoms with Crippen LogP contribution >= 0.6 is 0 Å². The topological polar surface area (TPSA) is 62.5 Å². The van der Waals surface area contributed by atoms with Crippen molar-refractivity contribution in [3.05, 3.63) is 65.8 Å². The first-order valence-corrected chi connectivity index (χ1v) is 9.37. The Kier molecular flexibility index (Phi) is 5.06. The van der Waals surface area contributed by atoms with Crippen LogP contribution in [0.5, 0.6) is 0 Å². The predicted octanol–water partition coefficient (Wildman–Crippen LogP) is 3.40. The number of amides is 1. The summed E-state index contributed by atoms with van der Waals surface area (Å²) in [5.41, 5.74) is 2.39. The zero-order valence-corrected chi connectivity index (χ0v) is 15.6. The van der Waals surface area contributed by atoms with E-state index in [9.17, 15) is 9.18 Å². The number of nitrogens with zero attached hydrogens (tertiary/aromatic N) is 4. The van der Waals surface area contributed by atoms with Crippen molar-refractivity contribution in [3.8, 4) is 11.4 Å². The van der Waals surface area contributed by atoms with Gasteiger partial charge in [-0.05, 0) is 42.5 Å². The first-order valence-electron chi connectivity index (χ1n) is 9.37. The van der Waals surface area contributed by atoms with Crippen LogP contribution in [-0.2, 0) is 6.42 Å². The van der Waals surface area contributed by atoms with Gasteiger partial charge in [-0.25, -0.2) is 4.39 Å². The van der Waals surface area contributed by atoms with Gasteiger partial charge in [0.05, 0.1) is 0 Å². The van der Waals surface area contributed by atoms with Crippen LogP contribution in [0.4, 0.5) is 10.1 Å². The summed E-state index contributed by atoms with van der Waals surface area (Å²) < 4.78 is 18.5. The van der Waals surface area contributed by atoms with Crippen LogP contribution in [0.1, 0.15) is 23.2 Å². The van der Waals surface area contributed by atoms with Gasteiger partial charge in [0.2, 0.25) is 11.7 Å². The first-order chi connectivity index (χ1) is 13.6. The number of carbonyl (C=O) groups excluding carboxylic acids is 1. The SMILES string of the molecule is CCc1nc(-c2ccc(N3CCN(C(=O)c4cccc(F)c4)CC3)cc2)no1. The van der Waals surface area contributed by atoms with E-state index in [1.165, 1.54) is 12.1 Å². The molecule has 1 aromatic heterocycles. The Morgan fingerprint density at radius 1 is 1.11 bits per heavy atom. The molecule has 3 aromatic rings. The standard InChI is InChI=1S/C21H21FN4O2/c1-2-19-23-20(24-28-19)15-6-8-18(9-7-15)25-10-12-26(13-11-25)21(27)16-4-3-5-17(22)14-16/h3-9,14H,2,10-13H2,1H3. The summed E-state index contributed by atoms with van der Waals surface area (Å²) in [6.45, 7) is 4.62. The highest BCUT2D eigenvalue weighted by molar-refractivity contribution is 5.94. The lowest BCUT2D eigenvalue weighted by Gasteiger charge is -2.36. The summed E-state index contributed by atoms with van der Waals surface area (Å²) in [4.78, 5) is 20.9. The highest BCUT2D eigenvalue weighted by Crippen LogP contribution is 2.23. The van der Waals surface area contributed by atoms with E-state index in [-0.39, 0.29) is 5.91 Å². The maximum Gasteiger partial charge on any atom is 0.254 e. The average Bonchev–Trinajstić information content (AvgIpc) is 3.23. The zero-order chi connectivity index (χ0) is 19.5. The number of halogens is 1. The Labute approximate surface area is 162 Å². The van der Waals surface area contributed by atoms with Gasteiger partial charge in [-0.15, -0.1) is 0 Å². The average molecular weight is 380 g/mol. The number of aryl methyl sites for hydroxylation is 1. The molecule has 1 fully saturated rings. The zero-order valence-electron chi connectivity index (χ0n) is 15.6. The maximum atomic E-state index is 13.4. The summed E-state index contributed by atoms with van der Waals surface area (Å²) in [6.07, 6.45) is 0.712. The van der Waals surface area contributed by atoms with Gasteiger partial charge in [-0.3, -0.25) is 4.79 Å². The lowest BCUT2D eigenvalue weighted by Crippen LogP contribution is -2.48. The van der Waals surface area contributed by atoms with Crippen molar-refractivity contribution in [1.82, 2.24) is 15.0 Å². The minimum absolute atomic E-state index is 0.127. The molecule has 0 atom stereocenters. The summed E-state index contributed by atoms with van der Waals surface area (Å²) in [7, 11) is 0. The van der Waals surface area contributed by atoms with E-state index in [1.807, 2.05) is 31.2 Å². The first kappa shape index (κ1) is 18.2. The van der Waals surface area contributed by atoms with E-state index in [0.29, 0.717) is 36.8 Å². The van der Waals surface area contributed by atoms with E-state index in [0.717, 1.165) is 24.3 Å². The van der Waals surface area contributed by atoms with Gasteiger partial charge in [0.25, 0.3) is 5.91 Å². The van der Waals surface area contributed by atoms with Gasteiger partial charge in [0.15, 0.2) is 0 Å². The summed E-state index contributed by atoms with van der Waals surface area (Å²) in [5.74, 6) is 0.697. The fraction of sp³-hybridized carbons (Fsp3) is 0.286. The van der Waals surface area contributed by atoms with E-state index in [2.05, 4.69) is 15.0 Å². The van der Waals surface area contributed by atoms with Crippen molar-refractivity contribution in [2.45, 2.75) is 13.3 Å². The Morgan fingerprint density at radius 3 is 2.50 bits per heavy atom. The number of carbonyl (C=O) groups is 1. The predicted molar refractivity (Wildman–Crippen MR) is 104 cm³/mol. The Hall–Kier alpha value is -3.22. The Morgan fingerprint density at radius 2 is 1.86 bits per heavy atom. The maximum absolute atomic E-state index is 13.4. The van der Waals surface area contributed by atoms with Gasteiger partial charge in [-0.2, -0.15) is 4.98 Å². The van der Waals surface area contributed by atoms with Gasteiger partial charge < -0.3 is 14.3 Å². The molecule has 0 saturated carbocycles. The van der Waals surface area contributed by atoms with Gasteiger partial charge in [0.1, 0.15) is 5.82 Å². The van der Waals surface area contributed by atoms with Gasteiger partial charge >= 0.3 is 0 Å². The third kappa shape index (κ3) is 3.74. The van der Waals surface area contributed by atoms with Crippen LogP contribution in [-0.4, -0.2) is 47.1 Å². The second-order valence-corrected chi connectivity index (χ2v) is 6.70. The Bertz CT molecular complexity index is 963. The molecule has 4 rings (SSSR count).